The van der Waals surface area contributed by atoms with Gasteiger partial charge in [0, 0.05) is 0 Å². The third-order valence-electron chi connectivity index (χ3n) is 3.02. The van der Waals surface area contributed by atoms with Crippen molar-refractivity contribution in [3.05, 3.63) is 71.8 Å². The lowest BCUT2D eigenvalue weighted by molar-refractivity contribution is -0.859. The van der Waals surface area contributed by atoms with Crippen LogP contribution in [0.2, 0.25) is 0 Å². The van der Waals surface area contributed by atoms with Crippen molar-refractivity contribution in [1.29, 1.82) is 0 Å². The minimum absolute atomic E-state index is 0.488. The number of nitrogens with one attached hydrogen (secondary N) is 1. The molecule has 88 valence electrons. The van der Waals surface area contributed by atoms with Crippen LogP contribution in [0.25, 0.3) is 0 Å². The van der Waals surface area contributed by atoms with Gasteiger partial charge in [-0.3, -0.25) is 0 Å². The minimum atomic E-state index is 0.488. The fourth-order valence-corrected chi connectivity index (χ4v) is 2.21. The Morgan fingerprint density at radius 2 is 1.18 bits per heavy atom. The first kappa shape index (κ1) is 11.9. The minimum Gasteiger partial charge on any atom is -0.339 e. The Labute approximate surface area is 104 Å². The summed E-state index contributed by atoms with van der Waals surface area (Å²) >= 11 is 0. The Morgan fingerprint density at radius 3 is 1.53 bits per heavy atom. The van der Waals surface area contributed by atoms with Crippen molar-refractivity contribution in [3.63, 3.8) is 0 Å². The highest BCUT2D eigenvalue weighted by Gasteiger charge is 2.16. The lowest BCUT2D eigenvalue weighted by Crippen LogP contribution is -3.06. The molecule has 0 aliphatic rings. The van der Waals surface area contributed by atoms with E-state index in [1.807, 2.05) is 0 Å². The van der Waals surface area contributed by atoms with Gasteiger partial charge in [0.25, 0.3) is 0 Å². The summed E-state index contributed by atoms with van der Waals surface area (Å²) in [5, 5.41) is 0. The highest BCUT2D eigenvalue weighted by molar-refractivity contribution is 5.32. The molecule has 0 spiro atoms. The molecule has 17 heavy (non-hydrogen) atoms. The Balaban J connectivity index is 2.32. The first-order valence-electron chi connectivity index (χ1n) is 6.16. The molecular formula is C16H20N+. The molecule has 2 aromatic rings. The molecule has 0 fully saturated rings. The number of benzene rings is 2. The number of likely N-dealkylation sites (N-methyl/N-ethyl adjacent to an activating group) is 1. The number of hydrogen-bond donors (Lipinski definition) is 1. The van der Waals surface area contributed by atoms with Gasteiger partial charge in [0.2, 0.25) is 0 Å². The van der Waals surface area contributed by atoms with E-state index in [9.17, 15) is 0 Å². The molecule has 0 heterocycles. The van der Waals surface area contributed by atoms with E-state index in [0.29, 0.717) is 5.92 Å². The third-order valence-corrected chi connectivity index (χ3v) is 3.02. The van der Waals surface area contributed by atoms with Gasteiger partial charge in [0.05, 0.1) is 26.6 Å². The van der Waals surface area contributed by atoms with Crippen molar-refractivity contribution in [2.45, 2.75) is 5.92 Å². The molecule has 0 aliphatic carbocycles. The molecule has 0 saturated carbocycles. The Kier molecular flexibility index (Phi) is 3.94. The lowest BCUT2D eigenvalue weighted by atomic mass is 9.91. The first-order chi connectivity index (χ1) is 8.27. The maximum absolute atomic E-state index is 2.22. The van der Waals surface area contributed by atoms with Gasteiger partial charge < -0.3 is 4.90 Å². The van der Waals surface area contributed by atoms with Crippen LogP contribution in [0.3, 0.4) is 0 Å². The highest BCUT2D eigenvalue weighted by atomic mass is 15.1. The fraction of sp³-hybridized carbons (Fsp3) is 0.250. The molecule has 0 unspecified atom stereocenters. The zero-order valence-electron chi connectivity index (χ0n) is 10.6. The van der Waals surface area contributed by atoms with Crippen molar-refractivity contribution in [2.24, 2.45) is 0 Å². The van der Waals surface area contributed by atoms with Gasteiger partial charge in [-0.05, 0) is 11.1 Å². The average molecular weight is 226 g/mol. The van der Waals surface area contributed by atoms with Crippen LogP contribution in [0.5, 0.6) is 0 Å². The van der Waals surface area contributed by atoms with Crippen molar-refractivity contribution in [3.8, 4) is 0 Å². The molecule has 0 amide bonds. The van der Waals surface area contributed by atoms with Crippen molar-refractivity contribution in [1.82, 2.24) is 0 Å². The monoisotopic (exact) mass is 226 g/mol. The van der Waals surface area contributed by atoms with Crippen LogP contribution >= 0.6 is 0 Å². The molecule has 0 atom stereocenters. The number of hydrogen-bond acceptors (Lipinski definition) is 0. The molecule has 0 saturated heterocycles. The third kappa shape index (κ3) is 3.18. The maximum Gasteiger partial charge on any atom is 0.0877 e. The summed E-state index contributed by atoms with van der Waals surface area (Å²) in [6.07, 6.45) is 0. The Morgan fingerprint density at radius 1 is 0.765 bits per heavy atom. The maximum atomic E-state index is 2.22. The SMILES string of the molecule is C[NH+](C)CC(c1ccccc1)c1ccccc1. The Bertz CT molecular complexity index is 394. The molecule has 1 nitrogen and oxygen atoms in total. The summed E-state index contributed by atoms with van der Waals surface area (Å²) in [4.78, 5) is 1.47. The van der Waals surface area contributed by atoms with Crippen LogP contribution in [-0.2, 0) is 0 Å². The van der Waals surface area contributed by atoms with Gasteiger partial charge in [-0.2, -0.15) is 0 Å². The average Bonchev–Trinajstić information content (AvgIpc) is 2.38. The number of quaternary nitrogens is 1. The summed E-state index contributed by atoms with van der Waals surface area (Å²) in [7, 11) is 4.41. The molecule has 0 aliphatic heterocycles. The van der Waals surface area contributed by atoms with E-state index in [-0.39, 0.29) is 0 Å². The summed E-state index contributed by atoms with van der Waals surface area (Å²) < 4.78 is 0. The van der Waals surface area contributed by atoms with E-state index in [1.165, 1.54) is 16.0 Å². The fourth-order valence-electron chi connectivity index (χ4n) is 2.21. The topological polar surface area (TPSA) is 4.44 Å². The summed E-state index contributed by atoms with van der Waals surface area (Å²) in [5.74, 6) is 0.488. The largest absolute Gasteiger partial charge is 0.339 e. The van der Waals surface area contributed by atoms with E-state index in [0.717, 1.165) is 6.54 Å². The molecule has 0 aromatic heterocycles. The molecule has 0 radical (unpaired) electrons. The van der Waals surface area contributed by atoms with Crippen LogP contribution in [0.1, 0.15) is 17.0 Å². The van der Waals surface area contributed by atoms with E-state index >= 15 is 0 Å². The molecule has 0 bridgehead atoms. The second-order valence-corrected chi connectivity index (χ2v) is 4.79. The Hall–Kier alpha value is -1.60. The van der Waals surface area contributed by atoms with Crippen molar-refractivity contribution >= 4 is 0 Å². The van der Waals surface area contributed by atoms with Crippen LogP contribution in [0.15, 0.2) is 60.7 Å². The highest BCUT2D eigenvalue weighted by Crippen LogP contribution is 2.22. The van der Waals surface area contributed by atoms with Gasteiger partial charge in [-0.1, -0.05) is 60.7 Å². The van der Waals surface area contributed by atoms with Gasteiger partial charge in [0.1, 0.15) is 0 Å². The van der Waals surface area contributed by atoms with E-state index in [4.69, 9.17) is 0 Å². The van der Waals surface area contributed by atoms with Crippen molar-refractivity contribution < 1.29 is 4.90 Å². The van der Waals surface area contributed by atoms with Gasteiger partial charge in [-0.25, -0.2) is 0 Å². The summed E-state index contributed by atoms with van der Waals surface area (Å²) in [6, 6.07) is 21.5. The standard InChI is InChI=1S/C16H19N/c1-17(2)13-16(14-9-5-3-6-10-14)15-11-7-4-8-12-15/h3-12,16H,13H2,1-2H3/p+1. The predicted molar refractivity (Wildman–Crippen MR) is 72.4 cm³/mol. The van der Waals surface area contributed by atoms with Crippen LogP contribution < -0.4 is 4.90 Å². The van der Waals surface area contributed by atoms with Crippen LogP contribution in [-0.4, -0.2) is 20.6 Å². The van der Waals surface area contributed by atoms with Gasteiger partial charge in [0.15, 0.2) is 0 Å². The zero-order valence-corrected chi connectivity index (χ0v) is 10.6. The van der Waals surface area contributed by atoms with E-state index < -0.39 is 0 Å². The normalized spacial score (nSPS) is 11.1. The number of rotatable bonds is 4. The van der Waals surface area contributed by atoms with E-state index in [2.05, 4.69) is 74.8 Å². The first-order valence-corrected chi connectivity index (χ1v) is 6.16. The molecule has 2 aromatic carbocycles. The molecule has 1 heteroatoms. The van der Waals surface area contributed by atoms with E-state index in [1.54, 1.807) is 0 Å². The molecule has 2 rings (SSSR count). The quantitative estimate of drug-likeness (QED) is 0.813. The smallest absolute Gasteiger partial charge is 0.0877 e. The second-order valence-electron chi connectivity index (χ2n) is 4.79. The second kappa shape index (κ2) is 5.65. The zero-order chi connectivity index (χ0) is 12.1. The van der Waals surface area contributed by atoms with Crippen LogP contribution in [0.4, 0.5) is 0 Å². The molecule has 1 N–H and O–H groups in total. The van der Waals surface area contributed by atoms with Gasteiger partial charge in [-0.15, -0.1) is 0 Å². The summed E-state index contributed by atoms with van der Waals surface area (Å²) in [5.41, 5.74) is 2.81. The lowest BCUT2D eigenvalue weighted by Gasteiger charge is -2.19. The predicted octanol–water partition coefficient (Wildman–Crippen LogP) is 1.96. The van der Waals surface area contributed by atoms with Crippen molar-refractivity contribution in [2.75, 3.05) is 20.6 Å². The van der Waals surface area contributed by atoms with Crippen LogP contribution in [0, 0.1) is 0 Å². The summed E-state index contributed by atoms with van der Waals surface area (Å²) in [6.45, 7) is 1.12. The molecular weight excluding hydrogens is 206 g/mol. The van der Waals surface area contributed by atoms with Gasteiger partial charge >= 0.3 is 0 Å².